The van der Waals surface area contributed by atoms with Gasteiger partial charge in [0.25, 0.3) is 5.91 Å². The molecule has 1 fully saturated rings. The summed E-state index contributed by atoms with van der Waals surface area (Å²) in [6, 6.07) is 13.7. The number of sulfonamides is 1. The fraction of sp³-hybridized carbons (Fsp3) is 0.500. The van der Waals surface area contributed by atoms with Gasteiger partial charge >= 0.3 is 0 Å². The zero-order valence-electron chi connectivity index (χ0n) is 21.7. The second-order valence-electron chi connectivity index (χ2n) is 9.98. The van der Waals surface area contributed by atoms with Gasteiger partial charge in [-0.2, -0.15) is 0 Å². The third-order valence-corrected chi connectivity index (χ3v) is 8.69. The van der Waals surface area contributed by atoms with Crippen LogP contribution in [0.3, 0.4) is 0 Å². The van der Waals surface area contributed by atoms with E-state index in [1.165, 1.54) is 12.1 Å². The van der Waals surface area contributed by atoms with E-state index in [2.05, 4.69) is 4.72 Å². The monoisotopic (exact) mass is 527 g/mol. The maximum atomic E-state index is 13.5. The van der Waals surface area contributed by atoms with E-state index in [1.807, 2.05) is 35.2 Å². The molecule has 1 aliphatic heterocycles. The number of amides is 2. The van der Waals surface area contributed by atoms with Crippen LogP contribution in [0.25, 0.3) is 0 Å². The van der Waals surface area contributed by atoms with Gasteiger partial charge in [0.05, 0.1) is 16.5 Å². The smallest absolute Gasteiger partial charge is 0.257 e. The number of nitrogens with one attached hydrogen (secondary N) is 1. The topological polar surface area (TPSA) is 96.0 Å². The molecule has 1 N–H and O–H groups in total. The molecule has 2 aromatic rings. The molecule has 2 aliphatic rings. The first kappa shape index (κ1) is 27.1. The Labute approximate surface area is 220 Å². The third kappa shape index (κ3) is 6.70. The van der Waals surface area contributed by atoms with Gasteiger partial charge in [-0.15, -0.1) is 0 Å². The van der Waals surface area contributed by atoms with Crippen molar-refractivity contribution >= 4 is 21.8 Å². The number of carbonyl (C=O) groups excluding carboxylic acids is 2. The molecule has 0 saturated heterocycles. The number of ether oxygens (including phenoxy) is 1. The predicted molar refractivity (Wildman–Crippen MR) is 142 cm³/mol. The Balaban J connectivity index is 1.67. The average Bonchev–Trinajstić information content (AvgIpc) is 2.90. The quantitative estimate of drug-likeness (QED) is 0.649. The molecule has 0 spiro atoms. The second kappa shape index (κ2) is 12.1. The lowest BCUT2D eigenvalue weighted by Gasteiger charge is -2.39. The van der Waals surface area contributed by atoms with Crippen molar-refractivity contribution in [2.75, 3.05) is 20.1 Å². The molecule has 0 radical (unpaired) electrons. The summed E-state index contributed by atoms with van der Waals surface area (Å²) in [5.74, 6) is 0.123. The molecule has 2 amide bonds. The van der Waals surface area contributed by atoms with E-state index in [-0.39, 0.29) is 41.0 Å². The summed E-state index contributed by atoms with van der Waals surface area (Å²) < 4.78 is 35.3. The van der Waals surface area contributed by atoms with Crippen molar-refractivity contribution in [1.82, 2.24) is 14.5 Å². The molecular formula is C28H37N3O5S. The molecule has 0 aromatic heterocycles. The molecule has 0 bridgehead atoms. The Kier molecular flexibility index (Phi) is 8.87. The van der Waals surface area contributed by atoms with Crippen molar-refractivity contribution in [2.24, 2.45) is 0 Å². The van der Waals surface area contributed by atoms with E-state index < -0.39 is 10.0 Å². The fourth-order valence-corrected chi connectivity index (χ4v) is 6.25. The maximum Gasteiger partial charge on any atom is 0.257 e. The molecule has 37 heavy (non-hydrogen) atoms. The first-order valence-electron chi connectivity index (χ1n) is 13.1. The van der Waals surface area contributed by atoms with Gasteiger partial charge in [-0.3, -0.25) is 9.59 Å². The van der Waals surface area contributed by atoms with E-state index in [1.54, 1.807) is 24.9 Å². The Morgan fingerprint density at radius 2 is 1.73 bits per heavy atom. The SMILES string of the molecule is CC(=O)N1CCCCCN(C)C(=O)c2cc(S(=O)(=O)NCc3ccccc3)ccc2O[C@H]2CCCC[C@H]21. The second-order valence-corrected chi connectivity index (χ2v) is 11.7. The summed E-state index contributed by atoms with van der Waals surface area (Å²) in [4.78, 5) is 29.6. The van der Waals surface area contributed by atoms with Gasteiger partial charge in [0.1, 0.15) is 11.9 Å². The van der Waals surface area contributed by atoms with Crippen LogP contribution in [0.5, 0.6) is 5.75 Å². The number of nitrogens with zero attached hydrogens (tertiary/aromatic N) is 2. The number of benzene rings is 2. The standard InChI is InChI=1S/C28H37N3O5S/c1-21(32)31-18-10-4-9-17-30(2)28(33)24-19-23(37(34,35)29-20-22-11-5-3-6-12-22)15-16-26(24)36-27-14-8-7-13-25(27)31/h3,5-6,11-12,15-16,19,25,27,29H,4,7-10,13-14,17-18,20H2,1-2H3/t25-,27+/m1/s1. The van der Waals surface area contributed by atoms with Crippen LogP contribution in [0.4, 0.5) is 0 Å². The van der Waals surface area contributed by atoms with E-state index >= 15 is 0 Å². The van der Waals surface area contributed by atoms with Crippen LogP contribution in [-0.2, 0) is 21.4 Å². The Bertz CT molecular complexity index is 1200. The summed E-state index contributed by atoms with van der Waals surface area (Å²) in [6.45, 7) is 2.97. The number of rotatable bonds is 4. The van der Waals surface area contributed by atoms with Crippen LogP contribution in [0.2, 0.25) is 0 Å². The van der Waals surface area contributed by atoms with E-state index in [9.17, 15) is 18.0 Å². The summed E-state index contributed by atoms with van der Waals surface area (Å²) >= 11 is 0. The van der Waals surface area contributed by atoms with Gasteiger partial charge in [-0.05, 0) is 62.3 Å². The molecule has 200 valence electrons. The van der Waals surface area contributed by atoms with E-state index in [0.29, 0.717) is 18.8 Å². The Hall–Kier alpha value is -2.91. The third-order valence-electron chi connectivity index (χ3n) is 7.29. The number of fused-ring (bicyclic) bond motifs is 2. The summed E-state index contributed by atoms with van der Waals surface area (Å²) in [5.41, 5.74) is 1.06. The zero-order valence-corrected chi connectivity index (χ0v) is 22.5. The van der Waals surface area contributed by atoms with Gasteiger partial charge in [-0.25, -0.2) is 13.1 Å². The van der Waals surface area contributed by atoms with Crippen LogP contribution in [0.1, 0.15) is 67.8 Å². The molecule has 0 unspecified atom stereocenters. The molecule has 9 heteroatoms. The van der Waals surface area contributed by atoms with E-state index in [4.69, 9.17) is 4.74 Å². The lowest BCUT2D eigenvalue weighted by Crippen LogP contribution is -2.50. The van der Waals surface area contributed by atoms with E-state index in [0.717, 1.165) is 50.5 Å². The summed E-state index contributed by atoms with van der Waals surface area (Å²) in [5, 5.41) is 0. The van der Waals surface area contributed by atoms with Gasteiger partial charge < -0.3 is 14.5 Å². The van der Waals surface area contributed by atoms with Crippen molar-refractivity contribution in [3.63, 3.8) is 0 Å². The van der Waals surface area contributed by atoms with Crippen molar-refractivity contribution in [3.8, 4) is 5.75 Å². The predicted octanol–water partition coefficient (Wildman–Crippen LogP) is 3.96. The molecule has 2 atom stereocenters. The molecule has 4 rings (SSSR count). The van der Waals surface area contributed by atoms with Crippen LogP contribution in [0.15, 0.2) is 53.4 Å². The largest absolute Gasteiger partial charge is 0.487 e. The molecule has 1 saturated carbocycles. The minimum absolute atomic E-state index is 0.0161. The molecule has 1 heterocycles. The number of hydrogen-bond donors (Lipinski definition) is 1. The van der Waals surface area contributed by atoms with Crippen LogP contribution in [0, 0.1) is 0 Å². The lowest BCUT2D eigenvalue weighted by molar-refractivity contribution is -0.134. The van der Waals surface area contributed by atoms with Crippen molar-refractivity contribution in [1.29, 1.82) is 0 Å². The molecule has 8 nitrogen and oxygen atoms in total. The normalized spacial score (nSPS) is 21.5. The summed E-state index contributed by atoms with van der Waals surface area (Å²) in [7, 11) is -2.13. The Morgan fingerprint density at radius 3 is 2.49 bits per heavy atom. The van der Waals surface area contributed by atoms with Crippen molar-refractivity contribution in [2.45, 2.75) is 75.5 Å². The molecular weight excluding hydrogens is 490 g/mol. The van der Waals surface area contributed by atoms with Gasteiger partial charge in [0.2, 0.25) is 15.9 Å². The number of hydrogen-bond acceptors (Lipinski definition) is 5. The van der Waals surface area contributed by atoms with Crippen LogP contribution >= 0.6 is 0 Å². The average molecular weight is 528 g/mol. The first-order valence-corrected chi connectivity index (χ1v) is 14.6. The summed E-state index contributed by atoms with van der Waals surface area (Å²) in [6.07, 6.45) is 5.93. The zero-order chi connectivity index (χ0) is 26.4. The fourth-order valence-electron chi connectivity index (χ4n) is 5.21. The first-order chi connectivity index (χ1) is 17.8. The highest BCUT2D eigenvalue weighted by atomic mass is 32.2. The highest BCUT2D eigenvalue weighted by Crippen LogP contribution is 2.32. The maximum absolute atomic E-state index is 13.5. The molecule has 1 aliphatic carbocycles. The van der Waals surface area contributed by atoms with Crippen molar-refractivity contribution < 1.29 is 22.7 Å². The van der Waals surface area contributed by atoms with Crippen molar-refractivity contribution in [3.05, 3.63) is 59.7 Å². The Morgan fingerprint density at radius 1 is 1.00 bits per heavy atom. The van der Waals surface area contributed by atoms with Gasteiger partial charge in [0.15, 0.2) is 0 Å². The van der Waals surface area contributed by atoms with Gasteiger partial charge in [-0.1, -0.05) is 36.8 Å². The highest BCUT2D eigenvalue weighted by molar-refractivity contribution is 7.89. The minimum Gasteiger partial charge on any atom is -0.487 e. The lowest BCUT2D eigenvalue weighted by atomic mass is 9.90. The number of carbonyl (C=O) groups is 2. The molecule has 2 aromatic carbocycles. The highest BCUT2D eigenvalue weighted by Gasteiger charge is 2.34. The van der Waals surface area contributed by atoms with Crippen LogP contribution < -0.4 is 9.46 Å². The van der Waals surface area contributed by atoms with Gasteiger partial charge in [0, 0.05) is 33.6 Å². The minimum atomic E-state index is -3.86. The van der Waals surface area contributed by atoms with Crippen LogP contribution in [-0.4, -0.2) is 62.3 Å².